The Morgan fingerprint density at radius 1 is 1.07 bits per heavy atom. The van der Waals surface area contributed by atoms with Gasteiger partial charge in [-0.25, -0.2) is 0 Å². The molecule has 0 fully saturated rings. The van der Waals surface area contributed by atoms with Gasteiger partial charge in [0.05, 0.1) is 0 Å². The number of aliphatic imine (C=N–C) groups is 1. The van der Waals surface area contributed by atoms with E-state index < -0.39 is 0 Å². The highest BCUT2D eigenvalue weighted by atomic mass is 127. The molecule has 7 heteroatoms. The lowest BCUT2D eigenvalue weighted by atomic mass is 10.1. The highest BCUT2D eigenvalue weighted by molar-refractivity contribution is 14.0. The van der Waals surface area contributed by atoms with Crippen LogP contribution in [0.15, 0.2) is 52.8 Å². The topological polar surface area (TPSA) is 65.5 Å². The number of thiophene rings is 1. The molecule has 0 bridgehead atoms. The molecule has 1 aromatic carbocycles. The Kier molecular flexibility index (Phi) is 11.8. The number of rotatable bonds is 9. The van der Waals surface area contributed by atoms with Gasteiger partial charge in [-0.05, 0) is 42.8 Å². The van der Waals surface area contributed by atoms with Crippen LogP contribution in [0.4, 0.5) is 0 Å². The average molecular weight is 500 g/mol. The highest BCUT2D eigenvalue weighted by Crippen LogP contribution is 2.14. The summed E-state index contributed by atoms with van der Waals surface area (Å²) in [5.74, 6) is 1.22. The lowest BCUT2D eigenvalue weighted by Gasteiger charge is -2.13. The van der Waals surface area contributed by atoms with Crippen molar-refractivity contribution in [3.63, 3.8) is 0 Å². The molecule has 0 saturated carbocycles. The maximum atomic E-state index is 12.0. The van der Waals surface area contributed by atoms with Crippen LogP contribution in [-0.2, 0) is 6.42 Å². The van der Waals surface area contributed by atoms with Gasteiger partial charge in [-0.3, -0.25) is 9.79 Å². The number of carbonyl (C=O) groups excluding carboxylic acids is 1. The summed E-state index contributed by atoms with van der Waals surface area (Å²) < 4.78 is 0. The number of nitrogens with zero attached hydrogens (tertiary/aromatic N) is 1. The fourth-order valence-corrected chi connectivity index (χ4v) is 3.34. The van der Waals surface area contributed by atoms with E-state index in [1.165, 1.54) is 4.88 Å². The molecule has 1 unspecified atom stereocenters. The van der Waals surface area contributed by atoms with Crippen LogP contribution in [-0.4, -0.2) is 38.0 Å². The van der Waals surface area contributed by atoms with E-state index in [1.807, 2.05) is 37.3 Å². The summed E-state index contributed by atoms with van der Waals surface area (Å²) in [7, 11) is 0. The predicted octanol–water partition coefficient (Wildman–Crippen LogP) is 3.53. The van der Waals surface area contributed by atoms with Crippen molar-refractivity contribution in [3.8, 4) is 0 Å². The van der Waals surface area contributed by atoms with Crippen molar-refractivity contribution in [1.82, 2.24) is 16.0 Å². The number of guanidine groups is 1. The molecule has 0 saturated heterocycles. The molecule has 0 aliphatic rings. The first-order valence-electron chi connectivity index (χ1n) is 9.06. The quantitative estimate of drug-likeness (QED) is 0.214. The van der Waals surface area contributed by atoms with Crippen molar-refractivity contribution in [1.29, 1.82) is 0 Å². The van der Waals surface area contributed by atoms with E-state index in [9.17, 15) is 4.79 Å². The van der Waals surface area contributed by atoms with Crippen molar-refractivity contribution in [3.05, 3.63) is 58.3 Å². The number of hydrogen-bond acceptors (Lipinski definition) is 3. The molecule has 2 rings (SSSR count). The van der Waals surface area contributed by atoms with Gasteiger partial charge in [-0.15, -0.1) is 35.3 Å². The van der Waals surface area contributed by atoms with Crippen LogP contribution in [0.3, 0.4) is 0 Å². The molecule has 1 amide bonds. The van der Waals surface area contributed by atoms with Gasteiger partial charge in [0.1, 0.15) is 0 Å². The monoisotopic (exact) mass is 500 g/mol. The average Bonchev–Trinajstić information content (AvgIpc) is 3.16. The summed E-state index contributed by atoms with van der Waals surface area (Å²) in [6, 6.07) is 13.5. The first-order chi connectivity index (χ1) is 12.7. The van der Waals surface area contributed by atoms with E-state index in [0.717, 1.165) is 25.5 Å². The second-order valence-electron chi connectivity index (χ2n) is 6.16. The Balaban J connectivity index is 0.00000364. The molecule has 148 valence electrons. The molecule has 2 aromatic rings. The predicted molar refractivity (Wildman–Crippen MR) is 125 cm³/mol. The minimum absolute atomic E-state index is 0. The van der Waals surface area contributed by atoms with Gasteiger partial charge >= 0.3 is 0 Å². The van der Waals surface area contributed by atoms with Crippen LogP contribution in [0.5, 0.6) is 0 Å². The fourth-order valence-electron chi connectivity index (χ4n) is 2.47. The fraction of sp³-hybridized carbons (Fsp3) is 0.400. The van der Waals surface area contributed by atoms with Gasteiger partial charge < -0.3 is 16.0 Å². The molecule has 27 heavy (non-hydrogen) atoms. The van der Waals surface area contributed by atoms with E-state index in [4.69, 9.17) is 0 Å². The maximum Gasteiger partial charge on any atom is 0.251 e. The molecular formula is C20H29IN4OS. The van der Waals surface area contributed by atoms with Crippen molar-refractivity contribution < 1.29 is 4.79 Å². The Bertz CT molecular complexity index is 677. The number of benzene rings is 1. The minimum atomic E-state index is -0.0566. The van der Waals surface area contributed by atoms with Crippen LogP contribution in [0.1, 0.15) is 29.1 Å². The molecule has 0 aliphatic carbocycles. The van der Waals surface area contributed by atoms with Crippen molar-refractivity contribution >= 4 is 47.2 Å². The molecular weight excluding hydrogens is 471 g/mol. The summed E-state index contributed by atoms with van der Waals surface area (Å²) in [6.07, 6.45) is 1.05. The SMILES string of the molecule is CCNC(=NCC(C)Cc1cccs1)NCCNC(=O)c1ccccc1.I. The van der Waals surface area contributed by atoms with E-state index in [-0.39, 0.29) is 29.9 Å². The lowest BCUT2D eigenvalue weighted by molar-refractivity contribution is 0.0954. The zero-order valence-electron chi connectivity index (χ0n) is 15.9. The third kappa shape index (κ3) is 9.23. The number of hydrogen-bond donors (Lipinski definition) is 3. The first-order valence-corrected chi connectivity index (χ1v) is 9.94. The molecule has 0 aliphatic heterocycles. The summed E-state index contributed by atoms with van der Waals surface area (Å²) in [4.78, 5) is 18.1. The molecule has 0 radical (unpaired) electrons. The molecule has 5 nitrogen and oxygen atoms in total. The van der Waals surface area contributed by atoms with E-state index >= 15 is 0 Å². The smallest absolute Gasteiger partial charge is 0.251 e. The van der Waals surface area contributed by atoms with Crippen LogP contribution in [0, 0.1) is 5.92 Å². The van der Waals surface area contributed by atoms with Crippen LogP contribution < -0.4 is 16.0 Å². The second kappa shape index (κ2) is 13.5. The number of nitrogens with one attached hydrogen (secondary N) is 3. The zero-order chi connectivity index (χ0) is 18.6. The third-order valence-corrected chi connectivity index (χ3v) is 4.67. The van der Waals surface area contributed by atoms with E-state index in [2.05, 4.69) is 45.4 Å². The van der Waals surface area contributed by atoms with Gasteiger partial charge in [0, 0.05) is 36.6 Å². The number of carbonyl (C=O) groups is 1. The normalized spacial score (nSPS) is 12.0. The standard InChI is InChI=1S/C20H28N4OS.HI/c1-3-21-20(24-15-16(2)14-18-10-7-13-26-18)23-12-11-22-19(25)17-8-5-4-6-9-17;/h4-10,13,16H,3,11-12,14-15H2,1-2H3,(H,22,25)(H2,21,23,24);1H. The Morgan fingerprint density at radius 2 is 1.81 bits per heavy atom. The summed E-state index contributed by atoms with van der Waals surface area (Å²) in [5.41, 5.74) is 0.676. The largest absolute Gasteiger partial charge is 0.357 e. The zero-order valence-corrected chi connectivity index (χ0v) is 19.1. The summed E-state index contributed by atoms with van der Waals surface area (Å²) >= 11 is 1.79. The Morgan fingerprint density at radius 3 is 2.48 bits per heavy atom. The Hall–Kier alpha value is -1.61. The first kappa shape index (κ1) is 23.4. The van der Waals surface area contributed by atoms with Crippen LogP contribution >= 0.6 is 35.3 Å². The lowest BCUT2D eigenvalue weighted by Crippen LogP contribution is -2.41. The van der Waals surface area contributed by atoms with E-state index in [0.29, 0.717) is 24.6 Å². The molecule has 3 N–H and O–H groups in total. The van der Waals surface area contributed by atoms with Gasteiger partial charge in [0.2, 0.25) is 0 Å². The molecule has 1 aromatic heterocycles. The van der Waals surface area contributed by atoms with Crippen LogP contribution in [0.2, 0.25) is 0 Å². The van der Waals surface area contributed by atoms with Crippen molar-refractivity contribution in [2.45, 2.75) is 20.3 Å². The van der Waals surface area contributed by atoms with Gasteiger partial charge in [-0.1, -0.05) is 31.2 Å². The maximum absolute atomic E-state index is 12.0. The van der Waals surface area contributed by atoms with Crippen LogP contribution in [0.25, 0.3) is 0 Å². The number of amides is 1. The van der Waals surface area contributed by atoms with Gasteiger partial charge in [0.15, 0.2) is 5.96 Å². The van der Waals surface area contributed by atoms with Crippen molar-refractivity contribution in [2.24, 2.45) is 10.9 Å². The summed E-state index contributed by atoms with van der Waals surface area (Å²) in [6.45, 7) is 7.01. The minimum Gasteiger partial charge on any atom is -0.357 e. The second-order valence-corrected chi connectivity index (χ2v) is 7.19. The molecule has 1 atom stereocenters. The molecule has 1 heterocycles. The number of halogens is 1. The highest BCUT2D eigenvalue weighted by Gasteiger charge is 2.06. The summed E-state index contributed by atoms with van der Waals surface area (Å²) in [5, 5.41) is 11.5. The van der Waals surface area contributed by atoms with E-state index in [1.54, 1.807) is 11.3 Å². The molecule has 0 spiro atoms. The van der Waals surface area contributed by atoms with Gasteiger partial charge in [0.25, 0.3) is 5.91 Å². The third-order valence-electron chi connectivity index (χ3n) is 3.77. The van der Waals surface area contributed by atoms with Crippen molar-refractivity contribution in [2.75, 3.05) is 26.2 Å². The van der Waals surface area contributed by atoms with Gasteiger partial charge in [-0.2, -0.15) is 0 Å². The Labute approximate surface area is 183 Å².